The van der Waals surface area contributed by atoms with Crippen molar-refractivity contribution in [2.24, 2.45) is 5.92 Å². The highest BCUT2D eigenvalue weighted by atomic mass is 19.3. The zero-order valence-corrected chi connectivity index (χ0v) is 13.7. The predicted octanol–water partition coefficient (Wildman–Crippen LogP) is 2.52. The topological polar surface area (TPSA) is 49.4 Å². The highest BCUT2D eigenvalue weighted by Crippen LogP contribution is 2.29. The molecule has 2 aliphatic heterocycles. The molecule has 1 aromatic rings. The molecular formula is C17H17F5N2O2. The fraction of sp³-hybridized carbons (Fsp3) is 0.529. The van der Waals surface area contributed by atoms with Gasteiger partial charge in [-0.15, -0.1) is 0 Å². The van der Waals surface area contributed by atoms with Gasteiger partial charge in [-0.3, -0.25) is 14.9 Å². The Balaban J connectivity index is 1.62. The van der Waals surface area contributed by atoms with Gasteiger partial charge in [0.1, 0.15) is 17.5 Å². The number of Topliss-reactive ketones (excluding diaryl/α,β-unsaturated/α-hetero) is 1. The minimum absolute atomic E-state index is 0.128. The molecule has 1 aromatic carbocycles. The monoisotopic (exact) mass is 376 g/mol. The van der Waals surface area contributed by atoms with Gasteiger partial charge in [0.05, 0.1) is 18.2 Å². The second-order valence-electron chi connectivity index (χ2n) is 6.70. The van der Waals surface area contributed by atoms with Crippen molar-refractivity contribution in [3.63, 3.8) is 0 Å². The van der Waals surface area contributed by atoms with Crippen molar-refractivity contribution in [3.05, 3.63) is 35.1 Å². The van der Waals surface area contributed by atoms with E-state index < -0.39 is 65.6 Å². The molecule has 2 saturated heterocycles. The van der Waals surface area contributed by atoms with E-state index in [0.29, 0.717) is 12.1 Å². The van der Waals surface area contributed by atoms with Crippen LogP contribution in [0.4, 0.5) is 22.0 Å². The average Bonchev–Trinajstić information content (AvgIpc) is 2.93. The summed E-state index contributed by atoms with van der Waals surface area (Å²) in [6.07, 6.45) is -0.259. The van der Waals surface area contributed by atoms with Crippen LogP contribution in [-0.4, -0.2) is 48.2 Å². The van der Waals surface area contributed by atoms with Gasteiger partial charge in [-0.1, -0.05) is 0 Å². The Morgan fingerprint density at radius 2 is 1.65 bits per heavy atom. The first-order valence-corrected chi connectivity index (χ1v) is 8.27. The van der Waals surface area contributed by atoms with E-state index in [-0.39, 0.29) is 25.9 Å². The number of alkyl halides is 2. The number of piperidine rings is 1. The summed E-state index contributed by atoms with van der Waals surface area (Å²) in [5, 5.41) is 2.48. The summed E-state index contributed by atoms with van der Waals surface area (Å²) in [5.41, 5.74) is -0.784. The number of hydrogen-bond acceptors (Lipinski definition) is 3. The predicted molar refractivity (Wildman–Crippen MR) is 81.3 cm³/mol. The summed E-state index contributed by atoms with van der Waals surface area (Å²) in [6.45, 7) is -0.297. The molecule has 2 heterocycles. The smallest absolute Gasteiger partial charge is 0.262 e. The molecule has 0 bridgehead atoms. The van der Waals surface area contributed by atoms with Crippen LogP contribution in [0.1, 0.15) is 29.6 Å². The maximum atomic E-state index is 13.8. The van der Waals surface area contributed by atoms with Crippen LogP contribution in [-0.2, 0) is 4.79 Å². The number of hydrogen-bond donors (Lipinski definition) is 1. The fourth-order valence-corrected chi connectivity index (χ4v) is 3.45. The van der Waals surface area contributed by atoms with Gasteiger partial charge in [0.2, 0.25) is 5.91 Å². The van der Waals surface area contributed by atoms with Gasteiger partial charge in [-0.2, -0.15) is 0 Å². The van der Waals surface area contributed by atoms with Crippen molar-refractivity contribution in [3.8, 4) is 0 Å². The van der Waals surface area contributed by atoms with E-state index in [9.17, 15) is 31.5 Å². The van der Waals surface area contributed by atoms with Crippen LogP contribution < -0.4 is 5.32 Å². The first kappa shape index (κ1) is 18.8. The molecular weight excluding hydrogens is 359 g/mol. The molecule has 9 heteroatoms. The van der Waals surface area contributed by atoms with Gasteiger partial charge in [-0.25, -0.2) is 22.0 Å². The molecule has 1 atom stereocenters. The lowest BCUT2D eigenvalue weighted by molar-refractivity contribution is -0.135. The Morgan fingerprint density at radius 1 is 1.08 bits per heavy atom. The van der Waals surface area contributed by atoms with E-state index in [1.165, 1.54) is 4.90 Å². The van der Waals surface area contributed by atoms with Crippen LogP contribution in [0.2, 0.25) is 0 Å². The Kier molecular flexibility index (Phi) is 5.01. The standard InChI is InChI=1S/C17H17F5N2O2/c18-10-5-11(19)14(12(20)6-10)15(25)9-1-3-24(4-2-9)16(26)13-7-17(21,22)8-23-13/h5-6,9,13,23H,1-4,7-8H2. The number of carbonyl (C=O) groups is 2. The molecule has 0 radical (unpaired) electrons. The summed E-state index contributed by atoms with van der Waals surface area (Å²) in [4.78, 5) is 26.0. The van der Waals surface area contributed by atoms with Crippen molar-refractivity contribution >= 4 is 11.7 Å². The lowest BCUT2D eigenvalue weighted by Gasteiger charge is -2.33. The number of nitrogens with one attached hydrogen (secondary N) is 1. The summed E-state index contributed by atoms with van der Waals surface area (Å²) >= 11 is 0. The third-order valence-electron chi connectivity index (χ3n) is 4.84. The SMILES string of the molecule is O=C(c1c(F)cc(F)cc1F)C1CCN(C(=O)C2CC(F)(F)CN2)CC1. The van der Waals surface area contributed by atoms with Crippen molar-refractivity contribution in [2.45, 2.75) is 31.2 Å². The quantitative estimate of drug-likeness (QED) is 0.652. The number of halogens is 5. The minimum atomic E-state index is -2.92. The highest BCUT2D eigenvalue weighted by molar-refractivity contribution is 5.98. The normalized spacial score (nSPS) is 23.3. The van der Waals surface area contributed by atoms with Crippen molar-refractivity contribution in [1.29, 1.82) is 0 Å². The molecule has 2 aliphatic rings. The van der Waals surface area contributed by atoms with E-state index in [1.54, 1.807) is 0 Å². The molecule has 0 saturated carbocycles. The number of nitrogens with zero attached hydrogens (tertiary/aromatic N) is 1. The number of amides is 1. The van der Waals surface area contributed by atoms with Gasteiger partial charge < -0.3 is 4.90 Å². The highest BCUT2D eigenvalue weighted by Gasteiger charge is 2.44. The number of likely N-dealkylation sites (tertiary alicyclic amines) is 1. The second-order valence-corrected chi connectivity index (χ2v) is 6.70. The van der Waals surface area contributed by atoms with E-state index in [4.69, 9.17) is 0 Å². The number of benzene rings is 1. The second kappa shape index (κ2) is 6.94. The average molecular weight is 376 g/mol. The van der Waals surface area contributed by atoms with Crippen molar-refractivity contribution in [1.82, 2.24) is 10.2 Å². The van der Waals surface area contributed by atoms with Gasteiger partial charge in [0.15, 0.2) is 5.78 Å². The van der Waals surface area contributed by atoms with Crippen molar-refractivity contribution < 1.29 is 31.5 Å². The van der Waals surface area contributed by atoms with Gasteiger partial charge >= 0.3 is 0 Å². The van der Waals surface area contributed by atoms with E-state index in [0.717, 1.165) is 0 Å². The van der Waals surface area contributed by atoms with Gasteiger partial charge in [0, 0.05) is 37.6 Å². The summed E-state index contributed by atoms with van der Waals surface area (Å²) in [5.74, 6) is -8.52. The molecule has 1 amide bonds. The van der Waals surface area contributed by atoms with Crippen LogP contribution in [0, 0.1) is 23.4 Å². The Labute approximate surface area is 146 Å². The fourth-order valence-electron chi connectivity index (χ4n) is 3.45. The maximum absolute atomic E-state index is 13.8. The first-order valence-electron chi connectivity index (χ1n) is 8.27. The number of carbonyl (C=O) groups excluding carboxylic acids is 2. The minimum Gasteiger partial charge on any atom is -0.341 e. The first-order chi connectivity index (χ1) is 12.2. The van der Waals surface area contributed by atoms with Crippen LogP contribution in [0.5, 0.6) is 0 Å². The number of ketones is 1. The summed E-state index contributed by atoms with van der Waals surface area (Å²) in [7, 11) is 0. The Bertz CT molecular complexity index is 709. The molecule has 0 aliphatic carbocycles. The lowest BCUT2D eigenvalue weighted by Crippen LogP contribution is -2.47. The molecule has 4 nitrogen and oxygen atoms in total. The zero-order chi connectivity index (χ0) is 19.1. The molecule has 0 aromatic heterocycles. The Hall–Kier alpha value is -2.03. The number of rotatable bonds is 3. The van der Waals surface area contributed by atoms with E-state index >= 15 is 0 Å². The molecule has 1 N–H and O–H groups in total. The van der Waals surface area contributed by atoms with Crippen LogP contribution in [0.3, 0.4) is 0 Å². The molecule has 2 fully saturated rings. The molecule has 142 valence electrons. The largest absolute Gasteiger partial charge is 0.341 e. The third-order valence-corrected chi connectivity index (χ3v) is 4.84. The molecule has 3 rings (SSSR count). The van der Waals surface area contributed by atoms with Crippen LogP contribution in [0.15, 0.2) is 12.1 Å². The van der Waals surface area contributed by atoms with E-state index in [1.807, 2.05) is 0 Å². The third kappa shape index (κ3) is 3.72. The lowest BCUT2D eigenvalue weighted by atomic mass is 9.88. The zero-order valence-electron chi connectivity index (χ0n) is 13.7. The molecule has 26 heavy (non-hydrogen) atoms. The maximum Gasteiger partial charge on any atom is 0.262 e. The Morgan fingerprint density at radius 3 is 2.15 bits per heavy atom. The summed E-state index contributed by atoms with van der Waals surface area (Å²) < 4.78 is 66.9. The van der Waals surface area contributed by atoms with Crippen molar-refractivity contribution in [2.75, 3.05) is 19.6 Å². The van der Waals surface area contributed by atoms with Gasteiger partial charge in [-0.05, 0) is 12.8 Å². The van der Waals surface area contributed by atoms with Crippen LogP contribution >= 0.6 is 0 Å². The van der Waals surface area contributed by atoms with Crippen LogP contribution in [0.25, 0.3) is 0 Å². The molecule has 1 unspecified atom stereocenters. The van der Waals surface area contributed by atoms with E-state index in [2.05, 4.69) is 5.32 Å². The summed E-state index contributed by atoms with van der Waals surface area (Å²) in [6, 6.07) is -0.0776. The van der Waals surface area contributed by atoms with Gasteiger partial charge in [0.25, 0.3) is 5.92 Å². The molecule has 0 spiro atoms.